The average molecular weight is 732 g/mol. The Bertz CT molecular complexity index is 1800. The number of anilines is 1. The molecule has 4 rings (SSSR count). The van der Waals surface area contributed by atoms with Crippen LogP contribution in [0.2, 0.25) is 0 Å². The Morgan fingerprint density at radius 2 is 1.87 bits per heavy atom. The Kier molecular flexibility index (Phi) is 16.2. The Morgan fingerprint density at radius 1 is 1.19 bits per heavy atom. The van der Waals surface area contributed by atoms with Crippen LogP contribution in [-0.2, 0) is 24.2 Å². The number of guanidine groups is 1. The molecule has 240 valence electrons. The topological polar surface area (TPSA) is 245 Å². The van der Waals surface area contributed by atoms with E-state index in [2.05, 4.69) is 40.2 Å². The van der Waals surface area contributed by atoms with Crippen molar-refractivity contribution in [3.05, 3.63) is 53.3 Å². The quantitative estimate of drug-likeness (QED) is 0.0117. The van der Waals surface area contributed by atoms with Gasteiger partial charge in [-0.1, -0.05) is 11.6 Å². The molecule has 1 aliphatic rings. The second-order valence-electron chi connectivity index (χ2n) is 8.59. The van der Waals surface area contributed by atoms with E-state index < -0.39 is 46.2 Å². The van der Waals surface area contributed by atoms with Crippen molar-refractivity contribution in [2.24, 2.45) is 20.2 Å². The SMILES string of the molecule is COC=Nc1cc(SOO[O-])cc2cc(S(=O)(=O)[O-])c(N=Nc3ccc(NC4=C(Cl)C(F)N=C(N(CO)CO)N4)cc3)c(O)c12.[Na+].[Na+]. The first kappa shape index (κ1) is 41.1. The van der Waals surface area contributed by atoms with Gasteiger partial charge in [0.25, 0.3) is 0 Å². The molecule has 17 nitrogen and oxygen atoms in total. The molecule has 1 atom stereocenters. The Morgan fingerprint density at radius 3 is 2.47 bits per heavy atom. The van der Waals surface area contributed by atoms with Gasteiger partial charge in [-0.3, -0.25) is 9.94 Å². The number of methoxy groups -OCH3 is 1. The summed E-state index contributed by atoms with van der Waals surface area (Å²) >= 11 is 6.49. The molecule has 0 saturated carbocycles. The molecule has 3 aromatic rings. The number of rotatable bonds is 12. The summed E-state index contributed by atoms with van der Waals surface area (Å²) in [5, 5.41) is 56.3. The number of phenolic OH excluding ortho intramolecular Hbond substituents is 1. The number of hydrogen-bond donors (Lipinski definition) is 5. The van der Waals surface area contributed by atoms with Crippen LogP contribution in [0.25, 0.3) is 10.8 Å². The summed E-state index contributed by atoms with van der Waals surface area (Å²) in [5.41, 5.74) is -0.142. The first-order valence-corrected chi connectivity index (χ1v) is 14.7. The molecule has 0 spiro atoms. The Labute approximate surface area is 319 Å². The van der Waals surface area contributed by atoms with Gasteiger partial charge in [0.15, 0.2) is 12.2 Å². The summed E-state index contributed by atoms with van der Waals surface area (Å²) in [6.07, 6.45) is -0.961. The van der Waals surface area contributed by atoms with Crippen LogP contribution in [0.15, 0.2) is 83.3 Å². The predicted octanol–water partition coefficient (Wildman–Crippen LogP) is -3.31. The van der Waals surface area contributed by atoms with E-state index in [1.54, 1.807) is 0 Å². The van der Waals surface area contributed by atoms with Crippen LogP contribution in [0.4, 0.5) is 27.1 Å². The van der Waals surface area contributed by atoms with Gasteiger partial charge < -0.3 is 40.5 Å². The van der Waals surface area contributed by atoms with Crippen molar-refractivity contribution in [1.29, 1.82) is 0 Å². The maximum atomic E-state index is 14.3. The second kappa shape index (κ2) is 18.6. The van der Waals surface area contributed by atoms with Crippen molar-refractivity contribution in [2.45, 2.75) is 16.1 Å². The molecule has 0 aromatic heterocycles. The molecule has 1 heterocycles. The number of nitrogens with one attached hydrogen (secondary N) is 2. The molecule has 47 heavy (non-hydrogen) atoms. The molecule has 5 N–H and O–H groups in total. The number of alkyl halides is 1. The third-order valence-electron chi connectivity index (χ3n) is 5.79. The monoisotopic (exact) mass is 731 g/mol. The largest absolute Gasteiger partial charge is 1.00 e. The molecule has 0 radical (unpaired) electrons. The summed E-state index contributed by atoms with van der Waals surface area (Å²) in [6.45, 7) is -1.31. The van der Waals surface area contributed by atoms with Crippen molar-refractivity contribution in [1.82, 2.24) is 10.2 Å². The van der Waals surface area contributed by atoms with Crippen LogP contribution in [-0.4, -0.2) is 72.4 Å². The predicted molar refractivity (Wildman–Crippen MR) is 155 cm³/mol. The van der Waals surface area contributed by atoms with Gasteiger partial charge in [-0.05, 0) is 47.9 Å². The number of aromatic hydroxyl groups is 1. The number of nitrogens with zero attached hydrogens (tertiary/aromatic N) is 5. The van der Waals surface area contributed by atoms with Crippen molar-refractivity contribution in [3.8, 4) is 5.75 Å². The fourth-order valence-corrected chi connectivity index (χ4v) is 5.05. The summed E-state index contributed by atoms with van der Waals surface area (Å²) in [6, 6.07) is 9.38. The molecule has 0 amide bonds. The Balaban J connectivity index is 0.00000384. The minimum atomic E-state index is -5.21. The zero-order valence-electron chi connectivity index (χ0n) is 24.6. The molecule has 1 unspecified atom stereocenters. The number of benzene rings is 3. The van der Waals surface area contributed by atoms with Crippen molar-refractivity contribution in [3.63, 3.8) is 0 Å². The normalized spacial score (nSPS) is 14.9. The second-order valence-corrected chi connectivity index (χ2v) is 11.1. The van der Waals surface area contributed by atoms with Crippen LogP contribution in [0.5, 0.6) is 5.75 Å². The molecule has 0 saturated heterocycles. The molecule has 0 aliphatic carbocycles. The van der Waals surface area contributed by atoms with Crippen molar-refractivity contribution < 1.29 is 111 Å². The number of aliphatic hydroxyl groups is 2. The number of fused-ring (bicyclic) bond motifs is 1. The van der Waals surface area contributed by atoms with Gasteiger partial charge >= 0.3 is 59.1 Å². The first-order chi connectivity index (χ1) is 21.5. The zero-order chi connectivity index (χ0) is 32.7. The van der Waals surface area contributed by atoms with E-state index in [-0.39, 0.29) is 103 Å². The zero-order valence-corrected chi connectivity index (χ0v) is 31.0. The van der Waals surface area contributed by atoms with E-state index in [1.165, 1.54) is 43.5 Å². The van der Waals surface area contributed by atoms with E-state index in [0.717, 1.165) is 17.4 Å². The van der Waals surface area contributed by atoms with Crippen molar-refractivity contribution in [2.75, 3.05) is 25.9 Å². The number of ether oxygens (including phenoxy) is 1. The van der Waals surface area contributed by atoms with E-state index in [0.29, 0.717) is 17.7 Å². The summed E-state index contributed by atoms with van der Waals surface area (Å²) in [4.78, 5) is 7.89. The number of hydrogen-bond acceptors (Lipinski definition) is 18. The fraction of sp³-hybridized carbons (Fsp3) is 0.167. The summed E-state index contributed by atoms with van der Waals surface area (Å²) in [5.74, 6) is -0.949. The maximum absolute atomic E-state index is 14.3. The van der Waals surface area contributed by atoms with E-state index in [9.17, 15) is 37.9 Å². The molecule has 0 bridgehead atoms. The minimum Gasteiger partial charge on any atom is -0.744 e. The van der Waals surface area contributed by atoms with Crippen LogP contribution in [0.3, 0.4) is 0 Å². The van der Waals surface area contributed by atoms with Crippen LogP contribution in [0, 0.1) is 0 Å². The van der Waals surface area contributed by atoms with Gasteiger partial charge in [-0.15, -0.1) is 5.11 Å². The summed E-state index contributed by atoms with van der Waals surface area (Å²) in [7, 11) is -3.90. The maximum Gasteiger partial charge on any atom is 1.00 e. The van der Waals surface area contributed by atoms with Gasteiger partial charge in [0.1, 0.15) is 40.1 Å². The van der Waals surface area contributed by atoms with Gasteiger partial charge in [0.05, 0.1) is 40.8 Å². The molecule has 0 fully saturated rings. The van der Waals surface area contributed by atoms with E-state index >= 15 is 0 Å². The van der Waals surface area contributed by atoms with E-state index in [4.69, 9.17) is 16.3 Å². The van der Waals surface area contributed by atoms with Crippen LogP contribution < -0.4 is 75.0 Å². The number of halogens is 2. The number of phenols is 1. The smallest absolute Gasteiger partial charge is 0.744 e. The van der Waals surface area contributed by atoms with E-state index in [1.807, 2.05) is 0 Å². The van der Waals surface area contributed by atoms with Gasteiger partial charge in [0, 0.05) is 10.6 Å². The minimum absolute atomic E-state index is 0. The average Bonchev–Trinajstić information content (AvgIpc) is 3.01. The van der Waals surface area contributed by atoms with Gasteiger partial charge in [0.2, 0.25) is 12.3 Å². The van der Waals surface area contributed by atoms with Gasteiger partial charge in [-0.25, -0.2) is 22.8 Å². The van der Waals surface area contributed by atoms with Crippen molar-refractivity contribution >= 4 is 79.6 Å². The standard InChI is InChI=1S/C24H23ClFN7O10S2.2Na/c1-41-9-27-16-8-15(44-43-42-37)6-12-7-17(45(38,39)40)20(21(36)18(12)16)32-31-14-4-2-13(3-5-14)28-23-19(25)22(26)29-24(30-23)33(10-34)11-35;;/h2-9,22,28,34-37H,10-11H2,1H3,(H,29,30)(H,38,39,40);;/q;2*+1/p-2. The van der Waals surface area contributed by atoms with Gasteiger partial charge in [-0.2, -0.15) is 9.45 Å². The number of azo groups is 1. The Hall–Kier alpha value is -2.12. The molecular weight excluding hydrogens is 711 g/mol. The number of aliphatic imine (C=N–C) groups is 2. The molecule has 23 heteroatoms. The summed E-state index contributed by atoms with van der Waals surface area (Å²) < 4.78 is 59.9. The first-order valence-electron chi connectivity index (χ1n) is 12.1. The molecule has 3 aromatic carbocycles. The molecule has 1 aliphatic heterocycles. The molecular formula is C24H21ClFN7Na2O10S2. The number of aliphatic hydroxyl groups excluding tert-OH is 2. The third kappa shape index (κ3) is 10.2. The fourth-order valence-electron chi connectivity index (χ4n) is 3.82. The van der Waals surface area contributed by atoms with Crippen LogP contribution >= 0.6 is 23.6 Å². The third-order valence-corrected chi connectivity index (χ3v) is 7.56. The van der Waals surface area contributed by atoms with Crippen LogP contribution in [0.1, 0.15) is 0 Å².